The summed E-state index contributed by atoms with van der Waals surface area (Å²) in [6.45, 7) is 11.1. The van der Waals surface area contributed by atoms with E-state index in [-0.39, 0.29) is 0 Å². The molecule has 3 fully saturated rings. The Morgan fingerprint density at radius 1 is 0.842 bits per heavy atom. The molecule has 0 amide bonds. The molecule has 110 valence electrons. The van der Waals surface area contributed by atoms with E-state index in [4.69, 9.17) is 0 Å². The van der Waals surface area contributed by atoms with E-state index in [0.717, 1.165) is 12.1 Å². The number of nitrogens with zero attached hydrogens (tertiary/aromatic N) is 2. The summed E-state index contributed by atoms with van der Waals surface area (Å²) in [6.07, 6.45) is 8.63. The molecule has 0 aromatic carbocycles. The maximum Gasteiger partial charge on any atom is 0.0239 e. The number of nitrogens with one attached hydrogen (secondary N) is 1. The van der Waals surface area contributed by atoms with Gasteiger partial charge in [-0.25, -0.2) is 0 Å². The molecule has 3 nitrogen and oxygen atoms in total. The van der Waals surface area contributed by atoms with Gasteiger partial charge in [-0.3, -0.25) is 9.80 Å². The predicted molar refractivity (Wildman–Crippen MR) is 80.5 cm³/mol. The van der Waals surface area contributed by atoms with Crippen molar-refractivity contribution in [2.75, 3.05) is 32.7 Å². The molecule has 0 spiro atoms. The van der Waals surface area contributed by atoms with Crippen molar-refractivity contribution in [1.82, 2.24) is 15.1 Å². The molecule has 0 bridgehead atoms. The summed E-state index contributed by atoms with van der Waals surface area (Å²) < 4.78 is 0. The van der Waals surface area contributed by atoms with Crippen LogP contribution in [0.4, 0.5) is 0 Å². The standard InChI is InChI=1S/C16H31N3/c1-16(2)12-15(13-17-16)19-10-8-18(9-11-19)14-6-4-3-5-7-14/h14-15,17H,3-13H2,1-2H3. The molecule has 0 aromatic heterocycles. The van der Waals surface area contributed by atoms with Crippen molar-refractivity contribution in [3.63, 3.8) is 0 Å². The van der Waals surface area contributed by atoms with Gasteiger partial charge in [0.15, 0.2) is 0 Å². The number of hydrogen-bond acceptors (Lipinski definition) is 3. The van der Waals surface area contributed by atoms with E-state index in [0.29, 0.717) is 5.54 Å². The average molecular weight is 265 g/mol. The molecule has 3 heteroatoms. The van der Waals surface area contributed by atoms with E-state index in [2.05, 4.69) is 29.0 Å². The average Bonchev–Trinajstić information content (AvgIpc) is 2.80. The van der Waals surface area contributed by atoms with Crippen LogP contribution in [-0.2, 0) is 0 Å². The molecule has 2 saturated heterocycles. The fourth-order valence-electron chi connectivity index (χ4n) is 4.30. The third-order valence-electron chi connectivity index (χ3n) is 5.52. The zero-order valence-electron chi connectivity index (χ0n) is 12.8. The van der Waals surface area contributed by atoms with E-state index in [1.807, 2.05) is 0 Å². The minimum Gasteiger partial charge on any atom is -0.310 e. The van der Waals surface area contributed by atoms with Crippen molar-refractivity contribution in [3.05, 3.63) is 0 Å². The molecular formula is C16H31N3. The highest BCUT2D eigenvalue weighted by molar-refractivity contribution is 4.95. The largest absolute Gasteiger partial charge is 0.310 e. The van der Waals surface area contributed by atoms with Crippen molar-refractivity contribution in [1.29, 1.82) is 0 Å². The lowest BCUT2D eigenvalue weighted by atomic mass is 9.93. The van der Waals surface area contributed by atoms with Gasteiger partial charge in [-0.15, -0.1) is 0 Å². The summed E-state index contributed by atoms with van der Waals surface area (Å²) in [4.78, 5) is 5.52. The highest BCUT2D eigenvalue weighted by Gasteiger charge is 2.35. The summed E-state index contributed by atoms with van der Waals surface area (Å²) in [5.41, 5.74) is 0.352. The zero-order chi connectivity index (χ0) is 13.3. The topological polar surface area (TPSA) is 18.5 Å². The van der Waals surface area contributed by atoms with Gasteiger partial charge in [0.2, 0.25) is 0 Å². The molecule has 0 aromatic rings. The van der Waals surface area contributed by atoms with Gasteiger partial charge in [-0.2, -0.15) is 0 Å². The molecule has 1 N–H and O–H groups in total. The lowest BCUT2D eigenvalue weighted by Crippen LogP contribution is -2.53. The highest BCUT2D eigenvalue weighted by Crippen LogP contribution is 2.26. The summed E-state index contributed by atoms with van der Waals surface area (Å²) >= 11 is 0. The van der Waals surface area contributed by atoms with Crippen LogP contribution in [0.1, 0.15) is 52.4 Å². The number of hydrogen-bond donors (Lipinski definition) is 1. The first kappa shape index (κ1) is 13.8. The van der Waals surface area contributed by atoms with Gasteiger partial charge in [0.05, 0.1) is 0 Å². The molecular weight excluding hydrogens is 234 g/mol. The molecule has 1 saturated carbocycles. The Morgan fingerprint density at radius 2 is 1.42 bits per heavy atom. The molecule has 2 aliphatic heterocycles. The van der Waals surface area contributed by atoms with Crippen LogP contribution < -0.4 is 5.32 Å². The maximum absolute atomic E-state index is 3.66. The molecule has 3 rings (SSSR count). The van der Waals surface area contributed by atoms with Crippen molar-refractivity contribution < 1.29 is 0 Å². The van der Waals surface area contributed by atoms with Crippen LogP contribution in [0.3, 0.4) is 0 Å². The van der Waals surface area contributed by atoms with E-state index in [1.165, 1.54) is 71.2 Å². The Kier molecular flexibility index (Phi) is 4.16. The minimum atomic E-state index is 0.352. The summed E-state index contributed by atoms with van der Waals surface area (Å²) in [7, 11) is 0. The fraction of sp³-hybridized carbons (Fsp3) is 1.00. The highest BCUT2D eigenvalue weighted by atomic mass is 15.3. The van der Waals surface area contributed by atoms with Crippen LogP contribution in [0.5, 0.6) is 0 Å². The second-order valence-electron chi connectivity index (χ2n) is 7.49. The van der Waals surface area contributed by atoms with Crippen molar-refractivity contribution in [3.8, 4) is 0 Å². The first-order valence-electron chi connectivity index (χ1n) is 8.37. The van der Waals surface area contributed by atoms with Crippen molar-refractivity contribution >= 4 is 0 Å². The van der Waals surface area contributed by atoms with Crippen LogP contribution in [0, 0.1) is 0 Å². The molecule has 1 aliphatic carbocycles. The zero-order valence-corrected chi connectivity index (χ0v) is 12.8. The first-order valence-corrected chi connectivity index (χ1v) is 8.37. The molecule has 1 unspecified atom stereocenters. The number of rotatable bonds is 2. The lowest BCUT2D eigenvalue weighted by Gasteiger charge is -2.42. The molecule has 19 heavy (non-hydrogen) atoms. The fourth-order valence-corrected chi connectivity index (χ4v) is 4.30. The first-order chi connectivity index (χ1) is 9.14. The summed E-state index contributed by atoms with van der Waals surface area (Å²) in [6, 6.07) is 1.69. The SMILES string of the molecule is CC1(C)CC(N2CCN(C3CCCCC3)CC2)CN1. The number of piperazine rings is 1. The van der Waals surface area contributed by atoms with Gasteiger partial charge >= 0.3 is 0 Å². The van der Waals surface area contributed by atoms with Gasteiger partial charge in [-0.1, -0.05) is 19.3 Å². The summed E-state index contributed by atoms with van der Waals surface area (Å²) in [5.74, 6) is 0. The van der Waals surface area contributed by atoms with Gasteiger partial charge in [-0.05, 0) is 33.1 Å². The Bertz CT molecular complexity index is 288. The third kappa shape index (κ3) is 3.32. The van der Waals surface area contributed by atoms with Crippen LogP contribution in [-0.4, -0.2) is 60.1 Å². The Balaban J connectivity index is 1.47. The molecule has 0 radical (unpaired) electrons. The van der Waals surface area contributed by atoms with Gasteiger partial charge in [0, 0.05) is 50.3 Å². The lowest BCUT2D eigenvalue weighted by molar-refractivity contribution is 0.0594. The van der Waals surface area contributed by atoms with E-state index in [1.54, 1.807) is 0 Å². The second-order valence-corrected chi connectivity index (χ2v) is 7.49. The Morgan fingerprint density at radius 3 is 1.95 bits per heavy atom. The van der Waals surface area contributed by atoms with E-state index >= 15 is 0 Å². The van der Waals surface area contributed by atoms with Crippen LogP contribution in [0.15, 0.2) is 0 Å². The van der Waals surface area contributed by atoms with Gasteiger partial charge in [0.1, 0.15) is 0 Å². The predicted octanol–water partition coefficient (Wildman–Crippen LogP) is 2.08. The van der Waals surface area contributed by atoms with E-state index < -0.39 is 0 Å². The van der Waals surface area contributed by atoms with Gasteiger partial charge < -0.3 is 5.32 Å². The normalized spacial score (nSPS) is 34.7. The monoisotopic (exact) mass is 265 g/mol. The molecule has 1 atom stereocenters. The minimum absolute atomic E-state index is 0.352. The van der Waals surface area contributed by atoms with Crippen LogP contribution in [0.2, 0.25) is 0 Å². The van der Waals surface area contributed by atoms with Crippen molar-refractivity contribution in [2.45, 2.75) is 70.0 Å². The quantitative estimate of drug-likeness (QED) is 0.825. The molecule has 2 heterocycles. The third-order valence-corrected chi connectivity index (χ3v) is 5.52. The smallest absolute Gasteiger partial charge is 0.0239 e. The maximum atomic E-state index is 3.66. The Labute approximate surface area is 118 Å². The van der Waals surface area contributed by atoms with Crippen LogP contribution >= 0.6 is 0 Å². The van der Waals surface area contributed by atoms with Crippen LogP contribution in [0.25, 0.3) is 0 Å². The molecule has 3 aliphatic rings. The van der Waals surface area contributed by atoms with Crippen molar-refractivity contribution in [2.24, 2.45) is 0 Å². The summed E-state index contributed by atoms with van der Waals surface area (Å²) in [5, 5.41) is 3.66. The van der Waals surface area contributed by atoms with E-state index in [9.17, 15) is 0 Å². The van der Waals surface area contributed by atoms with Gasteiger partial charge in [0.25, 0.3) is 0 Å². The second kappa shape index (κ2) is 5.71. The Hall–Kier alpha value is -0.120.